The zero-order chi connectivity index (χ0) is 21.4. The van der Waals surface area contributed by atoms with Crippen LogP contribution in [0.3, 0.4) is 0 Å². The number of carbonyl (C=O) groups excluding carboxylic acids is 1. The maximum absolute atomic E-state index is 13.2. The second kappa shape index (κ2) is 10.2. The summed E-state index contributed by atoms with van der Waals surface area (Å²) in [5.74, 6) is -0.0694. The van der Waals surface area contributed by atoms with Crippen LogP contribution in [-0.4, -0.2) is 39.8 Å². The lowest BCUT2D eigenvalue weighted by molar-refractivity contribution is -0.121. The Balaban J connectivity index is 1.91. The van der Waals surface area contributed by atoms with E-state index in [1.165, 1.54) is 19.1 Å². The summed E-state index contributed by atoms with van der Waals surface area (Å²) in [6, 6.07) is 11.8. The van der Waals surface area contributed by atoms with Crippen molar-refractivity contribution in [3.8, 4) is 5.75 Å². The van der Waals surface area contributed by atoms with Crippen LogP contribution in [-0.2, 0) is 21.2 Å². The van der Waals surface area contributed by atoms with E-state index in [-0.39, 0.29) is 5.69 Å². The predicted molar refractivity (Wildman–Crippen MR) is 112 cm³/mol. The van der Waals surface area contributed by atoms with Crippen molar-refractivity contribution in [2.75, 3.05) is 23.7 Å². The fourth-order valence-electron chi connectivity index (χ4n) is 2.97. The van der Waals surface area contributed by atoms with Gasteiger partial charge >= 0.3 is 0 Å². The summed E-state index contributed by atoms with van der Waals surface area (Å²) in [5, 5.41) is 2.77. The van der Waals surface area contributed by atoms with Crippen molar-refractivity contribution >= 4 is 21.6 Å². The molecule has 2 rings (SSSR count). The lowest BCUT2D eigenvalue weighted by atomic mass is 10.1. The molecule has 0 aromatic heterocycles. The van der Waals surface area contributed by atoms with Crippen molar-refractivity contribution in [1.82, 2.24) is 5.32 Å². The molecule has 0 fully saturated rings. The minimum Gasteiger partial charge on any atom is -0.494 e. The molecule has 0 aliphatic carbocycles. The van der Waals surface area contributed by atoms with Gasteiger partial charge in [-0.05, 0) is 68.7 Å². The summed E-state index contributed by atoms with van der Waals surface area (Å²) in [6.07, 6.45) is 2.50. The van der Waals surface area contributed by atoms with Crippen molar-refractivity contribution in [3.63, 3.8) is 0 Å². The van der Waals surface area contributed by atoms with Crippen LogP contribution >= 0.6 is 0 Å². The van der Waals surface area contributed by atoms with Crippen LogP contribution in [0.5, 0.6) is 5.75 Å². The van der Waals surface area contributed by atoms with Crippen molar-refractivity contribution in [1.29, 1.82) is 0 Å². The van der Waals surface area contributed by atoms with Gasteiger partial charge in [-0.15, -0.1) is 0 Å². The summed E-state index contributed by atoms with van der Waals surface area (Å²) in [7, 11) is -3.72. The lowest BCUT2D eigenvalue weighted by Crippen LogP contribution is -2.48. The first-order chi connectivity index (χ1) is 13.7. The molecular formula is C21H27FN2O4S. The van der Waals surface area contributed by atoms with Gasteiger partial charge in [-0.1, -0.05) is 12.1 Å². The van der Waals surface area contributed by atoms with Crippen LogP contribution in [0, 0.1) is 5.82 Å². The third-order valence-corrected chi connectivity index (χ3v) is 5.59. The number of carbonyl (C=O) groups is 1. The smallest absolute Gasteiger partial charge is 0.243 e. The van der Waals surface area contributed by atoms with Gasteiger partial charge in [-0.2, -0.15) is 0 Å². The van der Waals surface area contributed by atoms with Gasteiger partial charge in [0, 0.05) is 6.54 Å². The van der Waals surface area contributed by atoms with Crippen LogP contribution in [0.15, 0.2) is 48.5 Å². The number of anilines is 1. The van der Waals surface area contributed by atoms with E-state index in [1.54, 1.807) is 0 Å². The molecular weight excluding hydrogens is 395 g/mol. The third kappa shape index (κ3) is 6.74. The van der Waals surface area contributed by atoms with Crippen molar-refractivity contribution < 1.29 is 22.3 Å². The molecule has 29 heavy (non-hydrogen) atoms. The first-order valence-electron chi connectivity index (χ1n) is 9.46. The van der Waals surface area contributed by atoms with Crippen molar-refractivity contribution in [2.45, 2.75) is 32.7 Å². The minimum atomic E-state index is -3.72. The molecule has 1 N–H and O–H groups in total. The summed E-state index contributed by atoms with van der Waals surface area (Å²) in [5.41, 5.74) is 1.37. The van der Waals surface area contributed by atoms with E-state index in [2.05, 4.69) is 5.32 Å². The molecule has 8 heteroatoms. The molecule has 0 saturated heterocycles. The predicted octanol–water partition coefficient (Wildman–Crippen LogP) is 3.13. The molecule has 158 valence electrons. The number of ether oxygens (including phenoxy) is 1. The Morgan fingerprint density at radius 3 is 2.31 bits per heavy atom. The highest BCUT2D eigenvalue weighted by molar-refractivity contribution is 7.92. The zero-order valence-corrected chi connectivity index (χ0v) is 17.7. The lowest BCUT2D eigenvalue weighted by Gasteiger charge is -2.28. The second-order valence-corrected chi connectivity index (χ2v) is 8.54. The average molecular weight is 423 g/mol. The number of sulfonamides is 1. The summed E-state index contributed by atoms with van der Waals surface area (Å²) < 4.78 is 43.9. The number of amides is 1. The number of rotatable bonds is 10. The highest BCUT2D eigenvalue weighted by atomic mass is 32.2. The molecule has 1 amide bonds. The highest BCUT2D eigenvalue weighted by Gasteiger charge is 2.28. The molecule has 6 nitrogen and oxygen atoms in total. The quantitative estimate of drug-likeness (QED) is 0.597. The number of hydrogen-bond acceptors (Lipinski definition) is 4. The molecule has 0 bridgehead atoms. The SMILES string of the molecule is CCOc1ccc(CCCNC(=O)[C@@H](C)N(c2ccc(F)cc2)S(C)(=O)=O)cc1. The molecule has 0 saturated carbocycles. The first-order valence-corrected chi connectivity index (χ1v) is 11.3. The van der Waals surface area contributed by atoms with Crippen molar-refractivity contribution in [2.24, 2.45) is 0 Å². The Morgan fingerprint density at radius 2 is 1.76 bits per heavy atom. The molecule has 0 heterocycles. The van der Waals surface area contributed by atoms with Crippen LogP contribution in [0.4, 0.5) is 10.1 Å². The standard InChI is InChI=1S/C21H27FN2O4S/c1-4-28-20-13-7-17(8-14-20)6-5-15-23-21(25)16(2)24(29(3,26)27)19-11-9-18(22)10-12-19/h7-14,16H,4-6,15H2,1-3H3,(H,23,25)/t16-/m1/s1. The van der Waals surface area contributed by atoms with Gasteiger partial charge in [0.15, 0.2) is 0 Å². The van der Waals surface area contributed by atoms with Crippen LogP contribution in [0.25, 0.3) is 0 Å². The molecule has 2 aromatic carbocycles. The maximum Gasteiger partial charge on any atom is 0.243 e. The van der Waals surface area contributed by atoms with Gasteiger partial charge in [0.25, 0.3) is 0 Å². The largest absolute Gasteiger partial charge is 0.494 e. The van der Waals surface area contributed by atoms with E-state index in [0.29, 0.717) is 19.6 Å². The van der Waals surface area contributed by atoms with E-state index >= 15 is 0 Å². The molecule has 0 aliphatic rings. The van der Waals surface area contributed by atoms with Crippen LogP contribution in [0.2, 0.25) is 0 Å². The Hall–Kier alpha value is -2.61. The van der Waals surface area contributed by atoms with E-state index in [0.717, 1.165) is 40.4 Å². The number of halogens is 1. The average Bonchev–Trinajstić information content (AvgIpc) is 2.67. The monoisotopic (exact) mass is 422 g/mol. The molecule has 0 spiro atoms. The minimum absolute atomic E-state index is 0.242. The van der Waals surface area contributed by atoms with E-state index in [4.69, 9.17) is 4.74 Å². The molecule has 1 atom stereocenters. The van der Waals surface area contributed by atoms with Gasteiger partial charge in [-0.25, -0.2) is 12.8 Å². The van der Waals surface area contributed by atoms with Gasteiger partial charge in [0.05, 0.1) is 18.6 Å². The molecule has 0 aliphatic heterocycles. The van der Waals surface area contributed by atoms with E-state index < -0.39 is 27.8 Å². The first kappa shape index (κ1) is 22.7. The Kier molecular flexibility index (Phi) is 8.01. The molecule has 2 aromatic rings. The Labute approximate surface area is 171 Å². The number of benzene rings is 2. The normalized spacial score (nSPS) is 12.3. The van der Waals surface area contributed by atoms with E-state index in [9.17, 15) is 17.6 Å². The van der Waals surface area contributed by atoms with Crippen LogP contribution in [0.1, 0.15) is 25.8 Å². The summed E-state index contributed by atoms with van der Waals surface area (Å²) in [4.78, 5) is 12.5. The Morgan fingerprint density at radius 1 is 1.14 bits per heavy atom. The van der Waals surface area contributed by atoms with Gasteiger partial charge in [0.1, 0.15) is 17.6 Å². The molecule has 0 unspecified atom stereocenters. The number of nitrogens with one attached hydrogen (secondary N) is 1. The number of aryl methyl sites for hydroxylation is 1. The number of nitrogens with zero attached hydrogens (tertiary/aromatic N) is 1. The second-order valence-electron chi connectivity index (χ2n) is 6.68. The van der Waals surface area contributed by atoms with Gasteiger partial charge in [-0.3, -0.25) is 9.10 Å². The van der Waals surface area contributed by atoms with Crippen LogP contribution < -0.4 is 14.4 Å². The van der Waals surface area contributed by atoms with Gasteiger partial charge in [0.2, 0.25) is 15.9 Å². The Bertz CT molecular complexity index is 899. The summed E-state index contributed by atoms with van der Waals surface area (Å²) >= 11 is 0. The number of hydrogen-bond donors (Lipinski definition) is 1. The van der Waals surface area contributed by atoms with Gasteiger partial charge < -0.3 is 10.1 Å². The highest BCUT2D eigenvalue weighted by Crippen LogP contribution is 2.21. The fraction of sp³-hybridized carbons (Fsp3) is 0.381. The third-order valence-electron chi connectivity index (χ3n) is 4.35. The maximum atomic E-state index is 13.2. The fourth-order valence-corrected chi connectivity index (χ4v) is 4.14. The van der Waals surface area contributed by atoms with E-state index in [1.807, 2.05) is 31.2 Å². The topological polar surface area (TPSA) is 75.7 Å². The zero-order valence-electron chi connectivity index (χ0n) is 16.9. The molecule has 0 radical (unpaired) electrons. The summed E-state index contributed by atoms with van der Waals surface area (Å²) in [6.45, 7) is 4.47. The van der Waals surface area contributed by atoms with Crippen molar-refractivity contribution in [3.05, 3.63) is 59.9 Å².